The Hall–Kier alpha value is -1.42. The van der Waals surface area contributed by atoms with Gasteiger partial charge in [0.1, 0.15) is 5.82 Å². The van der Waals surface area contributed by atoms with E-state index in [0.717, 1.165) is 18.4 Å². The fourth-order valence-corrected chi connectivity index (χ4v) is 2.82. The highest BCUT2D eigenvalue weighted by Gasteiger charge is 2.30. The molecule has 0 aliphatic heterocycles. The Labute approximate surface area is 119 Å². The van der Waals surface area contributed by atoms with E-state index in [2.05, 4.69) is 23.9 Å². The summed E-state index contributed by atoms with van der Waals surface area (Å²) in [4.78, 5) is 11.3. The monoisotopic (exact) mass is 279 g/mol. The molecule has 2 rings (SSSR count). The first-order valence-corrected chi connectivity index (χ1v) is 7.01. The van der Waals surface area contributed by atoms with E-state index in [9.17, 15) is 9.18 Å². The summed E-state index contributed by atoms with van der Waals surface area (Å²) < 4.78 is 18.3. The van der Waals surface area contributed by atoms with Gasteiger partial charge in [0.25, 0.3) is 0 Å². The van der Waals surface area contributed by atoms with Crippen molar-refractivity contribution in [1.29, 1.82) is 0 Å². The van der Waals surface area contributed by atoms with Crippen molar-refractivity contribution in [1.82, 2.24) is 5.32 Å². The minimum atomic E-state index is -0.639. The van der Waals surface area contributed by atoms with Crippen LogP contribution in [0.2, 0.25) is 0 Å². The van der Waals surface area contributed by atoms with Crippen molar-refractivity contribution >= 4 is 5.97 Å². The highest BCUT2D eigenvalue weighted by atomic mass is 19.1. The SMILES string of the molecule is COC(=O)c1ccc(CNC2CCC(C)(C)C2)cc1F. The lowest BCUT2D eigenvalue weighted by atomic mass is 9.92. The summed E-state index contributed by atoms with van der Waals surface area (Å²) in [5, 5.41) is 3.46. The lowest BCUT2D eigenvalue weighted by Gasteiger charge is -2.18. The minimum absolute atomic E-state index is 0.0155. The van der Waals surface area contributed by atoms with E-state index >= 15 is 0 Å². The molecular formula is C16H22FNO2. The van der Waals surface area contributed by atoms with Gasteiger partial charge in [-0.25, -0.2) is 9.18 Å². The zero-order chi connectivity index (χ0) is 14.8. The van der Waals surface area contributed by atoms with Crippen LogP contribution in [0.15, 0.2) is 18.2 Å². The van der Waals surface area contributed by atoms with E-state index in [1.807, 2.05) is 0 Å². The number of esters is 1. The van der Waals surface area contributed by atoms with E-state index < -0.39 is 11.8 Å². The molecule has 1 saturated carbocycles. The summed E-state index contributed by atoms with van der Waals surface area (Å²) in [6.45, 7) is 5.18. The molecule has 1 atom stereocenters. The molecule has 3 nitrogen and oxygen atoms in total. The van der Waals surface area contributed by atoms with Crippen molar-refractivity contribution in [2.75, 3.05) is 7.11 Å². The number of methoxy groups -OCH3 is 1. The second kappa shape index (κ2) is 5.92. The van der Waals surface area contributed by atoms with E-state index in [-0.39, 0.29) is 5.56 Å². The van der Waals surface area contributed by atoms with Crippen LogP contribution >= 0.6 is 0 Å². The molecule has 1 aliphatic rings. The third kappa shape index (κ3) is 3.57. The number of rotatable bonds is 4. The van der Waals surface area contributed by atoms with Crippen LogP contribution in [0.25, 0.3) is 0 Å². The summed E-state index contributed by atoms with van der Waals surface area (Å²) in [6.07, 6.45) is 3.53. The van der Waals surface area contributed by atoms with E-state index in [0.29, 0.717) is 18.0 Å². The van der Waals surface area contributed by atoms with Gasteiger partial charge in [0.2, 0.25) is 0 Å². The van der Waals surface area contributed by atoms with Gasteiger partial charge in [-0.1, -0.05) is 19.9 Å². The molecule has 0 spiro atoms. The lowest BCUT2D eigenvalue weighted by molar-refractivity contribution is 0.0595. The van der Waals surface area contributed by atoms with Crippen LogP contribution in [-0.2, 0) is 11.3 Å². The Morgan fingerprint density at radius 2 is 2.25 bits per heavy atom. The third-order valence-electron chi connectivity index (χ3n) is 4.00. The molecule has 1 aromatic carbocycles. The Balaban J connectivity index is 1.94. The van der Waals surface area contributed by atoms with Gasteiger partial charge in [0.15, 0.2) is 0 Å². The van der Waals surface area contributed by atoms with Crippen molar-refractivity contribution in [3.05, 3.63) is 35.1 Å². The Kier molecular flexibility index (Phi) is 4.43. The first-order valence-electron chi connectivity index (χ1n) is 7.01. The summed E-state index contributed by atoms with van der Waals surface area (Å²) in [6, 6.07) is 5.15. The topological polar surface area (TPSA) is 38.3 Å². The minimum Gasteiger partial charge on any atom is -0.465 e. The molecule has 0 heterocycles. The number of ether oxygens (including phenoxy) is 1. The Bertz CT molecular complexity index is 499. The summed E-state index contributed by atoms with van der Waals surface area (Å²) >= 11 is 0. The molecule has 20 heavy (non-hydrogen) atoms. The molecule has 110 valence electrons. The Morgan fingerprint density at radius 3 is 2.80 bits per heavy atom. The third-order valence-corrected chi connectivity index (χ3v) is 4.00. The fraction of sp³-hybridized carbons (Fsp3) is 0.562. The zero-order valence-electron chi connectivity index (χ0n) is 12.3. The van der Waals surface area contributed by atoms with Crippen LogP contribution in [0.3, 0.4) is 0 Å². The molecule has 0 saturated heterocycles. The van der Waals surface area contributed by atoms with Crippen LogP contribution in [0.4, 0.5) is 4.39 Å². The number of hydrogen-bond acceptors (Lipinski definition) is 3. The number of benzene rings is 1. The van der Waals surface area contributed by atoms with Gasteiger partial charge in [-0.2, -0.15) is 0 Å². The van der Waals surface area contributed by atoms with Crippen LogP contribution in [0.5, 0.6) is 0 Å². The second-order valence-corrected chi connectivity index (χ2v) is 6.29. The van der Waals surface area contributed by atoms with Crippen LogP contribution in [0.1, 0.15) is 49.0 Å². The number of halogens is 1. The predicted molar refractivity (Wildman–Crippen MR) is 76.0 cm³/mol. The van der Waals surface area contributed by atoms with Gasteiger partial charge in [-0.3, -0.25) is 0 Å². The van der Waals surface area contributed by atoms with Gasteiger partial charge < -0.3 is 10.1 Å². The molecule has 1 aliphatic carbocycles. The number of carbonyl (C=O) groups is 1. The van der Waals surface area contributed by atoms with Crippen molar-refractivity contribution < 1.29 is 13.9 Å². The standard InChI is InChI=1S/C16H22FNO2/c1-16(2)7-6-12(9-16)18-10-11-4-5-13(14(17)8-11)15(19)20-3/h4-5,8,12,18H,6-7,9-10H2,1-3H3. The summed E-state index contributed by atoms with van der Waals surface area (Å²) in [7, 11) is 1.25. The molecule has 1 unspecified atom stereocenters. The van der Waals surface area contributed by atoms with Crippen LogP contribution in [0, 0.1) is 11.2 Å². The predicted octanol–water partition coefficient (Wildman–Crippen LogP) is 3.28. The molecule has 0 amide bonds. The largest absolute Gasteiger partial charge is 0.465 e. The number of carbonyl (C=O) groups excluding carboxylic acids is 1. The summed E-state index contributed by atoms with van der Waals surface area (Å²) in [5.41, 5.74) is 1.23. The fourth-order valence-electron chi connectivity index (χ4n) is 2.82. The number of hydrogen-bond donors (Lipinski definition) is 1. The van der Waals surface area contributed by atoms with Gasteiger partial charge in [-0.05, 0) is 42.4 Å². The molecule has 1 aromatic rings. The van der Waals surface area contributed by atoms with Gasteiger partial charge in [-0.15, -0.1) is 0 Å². The maximum Gasteiger partial charge on any atom is 0.340 e. The average molecular weight is 279 g/mol. The zero-order valence-corrected chi connectivity index (χ0v) is 12.3. The van der Waals surface area contributed by atoms with Crippen molar-refractivity contribution in [3.63, 3.8) is 0 Å². The second-order valence-electron chi connectivity index (χ2n) is 6.29. The van der Waals surface area contributed by atoms with Crippen molar-refractivity contribution in [2.45, 2.75) is 45.7 Å². The smallest absolute Gasteiger partial charge is 0.340 e. The molecular weight excluding hydrogens is 257 g/mol. The maximum atomic E-state index is 13.8. The molecule has 1 N–H and O–H groups in total. The maximum absolute atomic E-state index is 13.8. The highest BCUT2D eigenvalue weighted by molar-refractivity contribution is 5.89. The number of nitrogens with one attached hydrogen (secondary N) is 1. The molecule has 1 fully saturated rings. The molecule has 0 bridgehead atoms. The molecule has 0 radical (unpaired) electrons. The van der Waals surface area contributed by atoms with Crippen molar-refractivity contribution in [3.8, 4) is 0 Å². The first-order chi connectivity index (χ1) is 9.41. The van der Waals surface area contributed by atoms with Gasteiger partial charge in [0, 0.05) is 12.6 Å². The van der Waals surface area contributed by atoms with Crippen LogP contribution < -0.4 is 5.32 Å². The average Bonchev–Trinajstić information content (AvgIpc) is 2.75. The van der Waals surface area contributed by atoms with Crippen molar-refractivity contribution in [2.24, 2.45) is 5.41 Å². The van der Waals surface area contributed by atoms with Crippen LogP contribution in [-0.4, -0.2) is 19.1 Å². The lowest BCUT2D eigenvalue weighted by Crippen LogP contribution is -2.26. The van der Waals surface area contributed by atoms with Gasteiger partial charge in [0.05, 0.1) is 12.7 Å². The van der Waals surface area contributed by atoms with E-state index in [1.165, 1.54) is 25.7 Å². The first kappa shape index (κ1) is 15.0. The molecule has 0 aromatic heterocycles. The van der Waals surface area contributed by atoms with E-state index in [1.54, 1.807) is 6.07 Å². The Morgan fingerprint density at radius 1 is 1.50 bits per heavy atom. The highest BCUT2D eigenvalue weighted by Crippen LogP contribution is 2.36. The quantitative estimate of drug-likeness (QED) is 0.860. The van der Waals surface area contributed by atoms with E-state index in [4.69, 9.17) is 0 Å². The summed E-state index contributed by atoms with van der Waals surface area (Å²) in [5.74, 6) is -1.16. The molecule has 4 heteroatoms. The van der Waals surface area contributed by atoms with Gasteiger partial charge >= 0.3 is 5.97 Å². The normalized spacial score (nSPS) is 20.9.